The van der Waals surface area contributed by atoms with Gasteiger partial charge in [0.25, 0.3) is 0 Å². The van der Waals surface area contributed by atoms with Gasteiger partial charge in [0.15, 0.2) is 5.82 Å². The van der Waals surface area contributed by atoms with E-state index in [0.29, 0.717) is 17.6 Å². The van der Waals surface area contributed by atoms with Gasteiger partial charge in [0.2, 0.25) is 0 Å². The van der Waals surface area contributed by atoms with Crippen molar-refractivity contribution >= 4 is 28.4 Å². The molecule has 96 valence electrons. The van der Waals surface area contributed by atoms with Crippen LogP contribution in [0.2, 0.25) is 0 Å². The van der Waals surface area contributed by atoms with Gasteiger partial charge in [-0.25, -0.2) is 15.0 Å². The smallest absolute Gasteiger partial charge is 0.180 e. The van der Waals surface area contributed by atoms with Gasteiger partial charge in [-0.2, -0.15) is 0 Å². The topological polar surface area (TPSA) is 69.6 Å². The highest BCUT2D eigenvalue weighted by Gasteiger charge is 2.14. The number of aromatic nitrogens is 4. The minimum Gasteiger partial charge on any atom is -0.383 e. The van der Waals surface area contributed by atoms with Crippen molar-refractivity contribution in [3.63, 3.8) is 0 Å². The zero-order valence-corrected chi connectivity index (χ0v) is 12.8. The summed E-state index contributed by atoms with van der Waals surface area (Å²) in [5.74, 6) is 1.72. The lowest BCUT2D eigenvalue weighted by atomic mass is 10.1. The van der Waals surface area contributed by atoms with Crippen molar-refractivity contribution in [2.75, 3.05) is 5.73 Å². The average molecular weight is 357 g/mol. The summed E-state index contributed by atoms with van der Waals surface area (Å²) in [6.45, 7) is 4.33. The lowest BCUT2D eigenvalue weighted by Gasteiger charge is -2.10. The van der Waals surface area contributed by atoms with Gasteiger partial charge in [0, 0.05) is 7.05 Å². The summed E-state index contributed by atoms with van der Waals surface area (Å²) in [5, 5.41) is 0. The summed E-state index contributed by atoms with van der Waals surface area (Å²) in [6, 6.07) is 0. The Morgan fingerprint density at radius 1 is 1.39 bits per heavy atom. The number of hydrogen-bond acceptors (Lipinski definition) is 4. The molecular weight excluding hydrogens is 341 g/mol. The highest BCUT2D eigenvalue weighted by Crippen LogP contribution is 2.23. The Kier molecular flexibility index (Phi) is 3.84. The number of nitrogens with two attached hydrogens (primary N) is 1. The Morgan fingerprint density at radius 3 is 2.67 bits per heavy atom. The fourth-order valence-corrected chi connectivity index (χ4v) is 2.18. The Labute approximate surface area is 120 Å². The molecule has 6 heteroatoms. The highest BCUT2D eigenvalue weighted by atomic mass is 127. The SMILES string of the molecule is CC(C)Cc1nc(-c2cncn2C)nc(N)c1I. The zero-order chi connectivity index (χ0) is 13.3. The highest BCUT2D eigenvalue weighted by molar-refractivity contribution is 14.1. The summed E-state index contributed by atoms with van der Waals surface area (Å²) < 4.78 is 2.84. The number of nitrogen functional groups attached to an aromatic ring is 1. The molecule has 0 atom stereocenters. The molecule has 2 N–H and O–H groups in total. The monoisotopic (exact) mass is 357 g/mol. The third kappa shape index (κ3) is 2.63. The number of aryl methyl sites for hydroxylation is 1. The van der Waals surface area contributed by atoms with Crippen molar-refractivity contribution in [2.45, 2.75) is 20.3 Å². The molecule has 0 aliphatic heterocycles. The predicted octanol–water partition coefficient (Wildman–Crippen LogP) is 2.26. The summed E-state index contributed by atoms with van der Waals surface area (Å²) in [5.41, 5.74) is 7.85. The quantitative estimate of drug-likeness (QED) is 0.856. The summed E-state index contributed by atoms with van der Waals surface area (Å²) in [7, 11) is 1.92. The molecule has 0 fully saturated rings. The van der Waals surface area contributed by atoms with E-state index >= 15 is 0 Å². The lowest BCUT2D eigenvalue weighted by molar-refractivity contribution is 0.632. The van der Waals surface area contributed by atoms with Gasteiger partial charge < -0.3 is 10.3 Å². The molecule has 2 rings (SSSR count). The van der Waals surface area contributed by atoms with E-state index in [2.05, 4.69) is 51.4 Å². The minimum absolute atomic E-state index is 0.534. The molecule has 0 aliphatic carbocycles. The first kappa shape index (κ1) is 13.3. The molecule has 2 heterocycles. The van der Waals surface area contributed by atoms with E-state index in [4.69, 9.17) is 5.73 Å². The second kappa shape index (κ2) is 5.21. The molecule has 5 nitrogen and oxygen atoms in total. The molecule has 2 aromatic heterocycles. The number of anilines is 1. The van der Waals surface area contributed by atoms with Crippen molar-refractivity contribution in [2.24, 2.45) is 13.0 Å². The van der Waals surface area contributed by atoms with E-state index < -0.39 is 0 Å². The van der Waals surface area contributed by atoms with Crippen LogP contribution in [0.1, 0.15) is 19.5 Å². The third-order valence-electron chi connectivity index (χ3n) is 2.59. The van der Waals surface area contributed by atoms with E-state index in [-0.39, 0.29) is 0 Å². The first-order chi connectivity index (χ1) is 8.49. The van der Waals surface area contributed by atoms with Gasteiger partial charge in [0.1, 0.15) is 11.5 Å². The van der Waals surface area contributed by atoms with Crippen molar-refractivity contribution in [1.29, 1.82) is 0 Å². The second-order valence-corrected chi connectivity index (χ2v) is 5.76. The van der Waals surface area contributed by atoms with E-state index in [1.165, 1.54) is 0 Å². The van der Waals surface area contributed by atoms with Crippen molar-refractivity contribution < 1.29 is 0 Å². The predicted molar refractivity (Wildman–Crippen MR) is 79.9 cm³/mol. The fraction of sp³-hybridized carbons (Fsp3) is 0.417. The first-order valence-corrected chi connectivity index (χ1v) is 6.85. The summed E-state index contributed by atoms with van der Waals surface area (Å²) in [6.07, 6.45) is 4.38. The Bertz CT molecular complexity index is 562. The molecule has 0 saturated carbocycles. The Morgan fingerprint density at radius 2 is 2.11 bits per heavy atom. The van der Waals surface area contributed by atoms with Crippen LogP contribution in [0.15, 0.2) is 12.5 Å². The zero-order valence-electron chi connectivity index (χ0n) is 10.7. The van der Waals surface area contributed by atoms with Crippen LogP contribution < -0.4 is 5.73 Å². The van der Waals surface area contributed by atoms with Crippen LogP contribution in [-0.4, -0.2) is 19.5 Å². The number of halogens is 1. The molecule has 0 unspecified atom stereocenters. The van der Waals surface area contributed by atoms with Gasteiger partial charge in [0.05, 0.1) is 21.8 Å². The maximum absolute atomic E-state index is 5.97. The van der Waals surface area contributed by atoms with E-state index in [9.17, 15) is 0 Å². The molecule has 0 aliphatic rings. The van der Waals surface area contributed by atoms with Gasteiger partial charge >= 0.3 is 0 Å². The van der Waals surface area contributed by atoms with Crippen LogP contribution in [0, 0.1) is 9.49 Å². The summed E-state index contributed by atoms with van der Waals surface area (Å²) >= 11 is 2.21. The van der Waals surface area contributed by atoms with Crippen LogP contribution in [0.3, 0.4) is 0 Å². The lowest BCUT2D eigenvalue weighted by Crippen LogP contribution is -2.08. The minimum atomic E-state index is 0.534. The van der Waals surface area contributed by atoms with Crippen LogP contribution in [0.5, 0.6) is 0 Å². The van der Waals surface area contributed by atoms with Gasteiger partial charge in [-0.1, -0.05) is 13.8 Å². The largest absolute Gasteiger partial charge is 0.383 e. The number of nitrogens with zero attached hydrogens (tertiary/aromatic N) is 4. The molecule has 0 aromatic carbocycles. The van der Waals surface area contributed by atoms with Gasteiger partial charge in [-0.3, -0.25) is 0 Å². The fourth-order valence-electron chi connectivity index (χ4n) is 1.72. The molecule has 0 saturated heterocycles. The van der Waals surface area contributed by atoms with E-state index in [0.717, 1.165) is 21.4 Å². The Balaban J connectivity index is 2.51. The normalized spacial score (nSPS) is 11.2. The molecule has 0 spiro atoms. The van der Waals surface area contributed by atoms with Gasteiger partial charge in [-0.05, 0) is 34.9 Å². The molecule has 0 bridgehead atoms. The van der Waals surface area contributed by atoms with Crippen LogP contribution in [0.25, 0.3) is 11.5 Å². The van der Waals surface area contributed by atoms with Crippen molar-refractivity contribution in [3.05, 3.63) is 21.8 Å². The molecular formula is C12H16IN5. The third-order valence-corrected chi connectivity index (χ3v) is 3.77. The second-order valence-electron chi connectivity index (χ2n) is 4.68. The number of rotatable bonds is 3. The average Bonchev–Trinajstić information content (AvgIpc) is 2.70. The molecule has 2 aromatic rings. The molecule has 0 radical (unpaired) electrons. The Hall–Kier alpha value is -1.18. The standard InChI is InChI=1S/C12H16IN5/c1-7(2)4-8-10(13)11(14)17-12(16-8)9-5-15-6-18(9)3/h5-7H,4H2,1-3H3,(H2,14,16,17). The van der Waals surface area contributed by atoms with E-state index in [1.807, 2.05) is 11.6 Å². The maximum atomic E-state index is 5.97. The van der Waals surface area contributed by atoms with Crippen molar-refractivity contribution in [1.82, 2.24) is 19.5 Å². The van der Waals surface area contributed by atoms with Crippen LogP contribution >= 0.6 is 22.6 Å². The van der Waals surface area contributed by atoms with Crippen LogP contribution in [0.4, 0.5) is 5.82 Å². The van der Waals surface area contributed by atoms with Gasteiger partial charge in [-0.15, -0.1) is 0 Å². The number of imidazole rings is 1. The molecule has 18 heavy (non-hydrogen) atoms. The molecule has 0 amide bonds. The first-order valence-electron chi connectivity index (χ1n) is 5.77. The van der Waals surface area contributed by atoms with Crippen LogP contribution in [-0.2, 0) is 13.5 Å². The number of hydrogen-bond donors (Lipinski definition) is 1. The van der Waals surface area contributed by atoms with Crippen molar-refractivity contribution in [3.8, 4) is 11.5 Å². The van der Waals surface area contributed by atoms with E-state index in [1.54, 1.807) is 12.5 Å². The summed E-state index contributed by atoms with van der Waals surface area (Å²) in [4.78, 5) is 13.0. The maximum Gasteiger partial charge on any atom is 0.180 e.